The van der Waals surface area contributed by atoms with Crippen molar-refractivity contribution < 1.29 is 0 Å². The Morgan fingerprint density at radius 3 is 2.32 bits per heavy atom. The molecule has 2 aromatic carbocycles. The van der Waals surface area contributed by atoms with Gasteiger partial charge in [-0.2, -0.15) is 5.10 Å². The molecule has 1 aliphatic heterocycles. The number of hydrogen-bond acceptors (Lipinski definition) is 3. The zero-order valence-corrected chi connectivity index (χ0v) is 13.6. The zero-order valence-electron chi connectivity index (χ0n) is 12.1. The minimum atomic E-state index is 0.624. The number of halogens is 2. The van der Waals surface area contributed by atoms with E-state index < -0.39 is 0 Å². The Hall–Kier alpha value is -1.71. The molecule has 0 N–H and O–H groups in total. The van der Waals surface area contributed by atoms with Gasteiger partial charge in [-0.05, 0) is 24.3 Å². The maximum absolute atomic E-state index is 6.15. The summed E-state index contributed by atoms with van der Waals surface area (Å²) < 4.78 is 0. The maximum Gasteiger partial charge on any atom is 0.0557 e. The fourth-order valence-electron chi connectivity index (χ4n) is 2.46. The molecule has 3 rings (SSSR count). The average Bonchev–Trinajstić information content (AvgIpc) is 2.55. The molecular formula is C17H17Cl2N3. The predicted octanol–water partition coefficient (Wildman–Crippen LogP) is 4.15. The third-order valence-corrected chi connectivity index (χ3v) is 4.26. The minimum Gasteiger partial charge on any atom is -0.368 e. The molecule has 0 saturated carbocycles. The van der Waals surface area contributed by atoms with Gasteiger partial charge < -0.3 is 4.90 Å². The fraction of sp³-hybridized carbons (Fsp3) is 0.235. The second-order valence-corrected chi connectivity index (χ2v) is 6.03. The van der Waals surface area contributed by atoms with Crippen LogP contribution in [-0.4, -0.2) is 37.4 Å². The van der Waals surface area contributed by atoms with Crippen molar-refractivity contribution in [2.45, 2.75) is 0 Å². The zero-order chi connectivity index (χ0) is 15.4. The van der Waals surface area contributed by atoms with Gasteiger partial charge in [0.05, 0.1) is 24.3 Å². The first kappa shape index (κ1) is 15.2. The van der Waals surface area contributed by atoms with Crippen molar-refractivity contribution in [3.8, 4) is 0 Å². The first-order valence-electron chi connectivity index (χ1n) is 7.26. The van der Waals surface area contributed by atoms with E-state index in [1.54, 1.807) is 12.3 Å². The smallest absolute Gasteiger partial charge is 0.0557 e. The summed E-state index contributed by atoms with van der Waals surface area (Å²) in [6.07, 6.45) is 1.80. The van der Waals surface area contributed by atoms with Crippen molar-refractivity contribution >= 4 is 35.1 Å². The van der Waals surface area contributed by atoms with E-state index in [0.717, 1.165) is 31.7 Å². The molecule has 114 valence electrons. The second-order valence-electron chi connectivity index (χ2n) is 5.19. The number of benzene rings is 2. The minimum absolute atomic E-state index is 0.624. The van der Waals surface area contributed by atoms with Crippen molar-refractivity contribution in [3.63, 3.8) is 0 Å². The summed E-state index contributed by atoms with van der Waals surface area (Å²) in [6.45, 7) is 3.73. The van der Waals surface area contributed by atoms with Crippen LogP contribution in [0.4, 0.5) is 5.69 Å². The Kier molecular flexibility index (Phi) is 4.86. The van der Waals surface area contributed by atoms with E-state index in [0.29, 0.717) is 10.0 Å². The molecule has 3 nitrogen and oxygen atoms in total. The number of para-hydroxylation sites is 1. The van der Waals surface area contributed by atoms with Crippen molar-refractivity contribution in [3.05, 3.63) is 64.1 Å². The Labute approximate surface area is 140 Å². The maximum atomic E-state index is 6.15. The third kappa shape index (κ3) is 3.73. The molecule has 0 atom stereocenters. The van der Waals surface area contributed by atoms with E-state index in [1.807, 2.05) is 18.2 Å². The van der Waals surface area contributed by atoms with Gasteiger partial charge in [0.1, 0.15) is 0 Å². The largest absolute Gasteiger partial charge is 0.368 e. The average molecular weight is 334 g/mol. The number of rotatable bonds is 3. The van der Waals surface area contributed by atoms with Gasteiger partial charge in [-0.25, -0.2) is 0 Å². The summed E-state index contributed by atoms with van der Waals surface area (Å²) in [5, 5.41) is 7.86. The van der Waals surface area contributed by atoms with Crippen LogP contribution in [0.5, 0.6) is 0 Å². The molecule has 1 heterocycles. The lowest BCUT2D eigenvalue weighted by molar-refractivity contribution is 0.272. The highest BCUT2D eigenvalue weighted by atomic mass is 35.5. The third-order valence-electron chi connectivity index (χ3n) is 3.70. The van der Waals surface area contributed by atoms with Crippen LogP contribution >= 0.6 is 23.2 Å². The predicted molar refractivity (Wildman–Crippen MR) is 94.3 cm³/mol. The lowest BCUT2D eigenvalue weighted by Gasteiger charge is -2.34. The Morgan fingerprint density at radius 1 is 0.909 bits per heavy atom. The molecule has 0 radical (unpaired) electrons. The topological polar surface area (TPSA) is 18.8 Å². The van der Waals surface area contributed by atoms with Gasteiger partial charge in [0.2, 0.25) is 0 Å². The van der Waals surface area contributed by atoms with Gasteiger partial charge in [0, 0.05) is 29.4 Å². The molecule has 0 spiro atoms. The summed E-state index contributed by atoms with van der Waals surface area (Å²) in [4.78, 5) is 2.38. The van der Waals surface area contributed by atoms with E-state index >= 15 is 0 Å². The second kappa shape index (κ2) is 7.03. The van der Waals surface area contributed by atoms with Crippen LogP contribution in [0, 0.1) is 0 Å². The van der Waals surface area contributed by atoms with Gasteiger partial charge in [0.25, 0.3) is 0 Å². The van der Waals surface area contributed by atoms with Gasteiger partial charge in [0.15, 0.2) is 0 Å². The highest BCUT2D eigenvalue weighted by Crippen LogP contribution is 2.20. The molecule has 1 saturated heterocycles. The van der Waals surface area contributed by atoms with Crippen LogP contribution in [0.1, 0.15) is 5.56 Å². The number of nitrogens with zero attached hydrogens (tertiary/aromatic N) is 3. The van der Waals surface area contributed by atoms with Gasteiger partial charge in [-0.1, -0.05) is 47.5 Å². The highest BCUT2D eigenvalue weighted by molar-refractivity contribution is 6.36. The number of piperazine rings is 1. The molecule has 22 heavy (non-hydrogen) atoms. The number of anilines is 1. The van der Waals surface area contributed by atoms with Crippen LogP contribution in [0.2, 0.25) is 10.0 Å². The molecule has 1 aliphatic rings. The first-order chi connectivity index (χ1) is 10.7. The van der Waals surface area contributed by atoms with Gasteiger partial charge in [-0.15, -0.1) is 0 Å². The van der Waals surface area contributed by atoms with E-state index in [1.165, 1.54) is 5.69 Å². The number of hydrogen-bond donors (Lipinski definition) is 0. The van der Waals surface area contributed by atoms with E-state index in [9.17, 15) is 0 Å². The van der Waals surface area contributed by atoms with Crippen molar-refractivity contribution in [1.82, 2.24) is 5.01 Å². The molecule has 2 aromatic rings. The summed E-state index contributed by atoms with van der Waals surface area (Å²) in [7, 11) is 0. The van der Waals surface area contributed by atoms with Crippen LogP contribution in [0.3, 0.4) is 0 Å². The molecule has 0 amide bonds. The number of hydrazone groups is 1. The van der Waals surface area contributed by atoms with E-state index in [-0.39, 0.29) is 0 Å². The molecule has 0 aromatic heterocycles. The summed E-state index contributed by atoms with van der Waals surface area (Å²) in [5.74, 6) is 0. The Morgan fingerprint density at radius 2 is 1.64 bits per heavy atom. The van der Waals surface area contributed by atoms with E-state index in [4.69, 9.17) is 23.2 Å². The normalized spacial score (nSPS) is 15.5. The van der Waals surface area contributed by atoms with Crippen molar-refractivity contribution in [2.24, 2.45) is 5.10 Å². The molecule has 0 aliphatic carbocycles. The molecule has 0 bridgehead atoms. The van der Waals surface area contributed by atoms with Crippen molar-refractivity contribution in [1.29, 1.82) is 0 Å². The Balaban J connectivity index is 1.59. The molecule has 1 fully saturated rings. The molecular weight excluding hydrogens is 317 g/mol. The summed E-state index contributed by atoms with van der Waals surface area (Å²) >= 11 is 12.0. The first-order valence-corrected chi connectivity index (χ1v) is 8.02. The lowest BCUT2D eigenvalue weighted by Crippen LogP contribution is -2.44. The van der Waals surface area contributed by atoms with Gasteiger partial charge in [-0.3, -0.25) is 5.01 Å². The standard InChI is InChI=1S/C17H17Cl2N3/c18-15-7-6-14(17(19)12-15)13-20-22-10-8-21(9-11-22)16-4-2-1-3-5-16/h1-7,12-13H,8-11H2. The van der Waals surface area contributed by atoms with Crippen LogP contribution in [0.25, 0.3) is 0 Å². The van der Waals surface area contributed by atoms with Crippen LogP contribution in [0.15, 0.2) is 53.6 Å². The molecule has 5 heteroatoms. The monoisotopic (exact) mass is 333 g/mol. The lowest BCUT2D eigenvalue weighted by atomic mass is 10.2. The van der Waals surface area contributed by atoms with Crippen molar-refractivity contribution in [2.75, 3.05) is 31.1 Å². The van der Waals surface area contributed by atoms with Crippen LogP contribution in [-0.2, 0) is 0 Å². The SMILES string of the molecule is Clc1ccc(C=NN2CCN(c3ccccc3)CC2)c(Cl)c1. The van der Waals surface area contributed by atoms with Gasteiger partial charge >= 0.3 is 0 Å². The van der Waals surface area contributed by atoms with E-state index in [2.05, 4.69) is 39.3 Å². The summed E-state index contributed by atoms with van der Waals surface area (Å²) in [5.41, 5.74) is 2.16. The fourth-order valence-corrected chi connectivity index (χ4v) is 2.92. The quantitative estimate of drug-likeness (QED) is 0.786. The molecule has 0 unspecified atom stereocenters. The highest BCUT2D eigenvalue weighted by Gasteiger charge is 2.15. The Bertz CT molecular complexity index is 650. The van der Waals surface area contributed by atoms with Crippen LogP contribution < -0.4 is 4.90 Å². The summed E-state index contributed by atoms with van der Waals surface area (Å²) in [6, 6.07) is 15.9.